The summed E-state index contributed by atoms with van der Waals surface area (Å²) in [4.78, 5) is 26.9. The molecule has 0 unspecified atom stereocenters. The molecule has 1 aliphatic rings. The number of hydrogen-bond acceptors (Lipinski definition) is 9. The van der Waals surface area contributed by atoms with Gasteiger partial charge >= 0.3 is 0 Å². The molecule has 11 nitrogen and oxygen atoms in total. The van der Waals surface area contributed by atoms with Crippen LogP contribution in [0.3, 0.4) is 0 Å². The molecule has 2 rings (SSSR count). The average Bonchev–Trinajstić information content (AvgIpc) is 3.56. The van der Waals surface area contributed by atoms with Crippen molar-refractivity contribution in [3.8, 4) is 0 Å². The molecule has 2 atom stereocenters. The number of ether oxygens (including phenoxy) is 6. The summed E-state index contributed by atoms with van der Waals surface area (Å²) in [5.41, 5.74) is 7.19. The molecule has 0 aliphatic carbocycles. The largest absolute Gasteiger partial charge is 0.382 e. The third kappa shape index (κ3) is 14.8. The number of rotatable bonds is 26. The summed E-state index contributed by atoms with van der Waals surface area (Å²) in [7, 11) is 3.47. The quantitative estimate of drug-likeness (QED) is 0.0832. The van der Waals surface area contributed by atoms with Crippen molar-refractivity contribution in [3.63, 3.8) is 0 Å². The maximum Gasteiger partial charge on any atom is 0.222 e. The lowest BCUT2D eigenvalue weighted by Gasteiger charge is -2.19. The summed E-state index contributed by atoms with van der Waals surface area (Å²) in [6.45, 7) is 22.3. The molecule has 0 aromatic carbocycles. The minimum absolute atomic E-state index is 0.107. The van der Waals surface area contributed by atoms with Gasteiger partial charge in [-0.1, -0.05) is 20.4 Å². The van der Waals surface area contributed by atoms with Gasteiger partial charge in [0.25, 0.3) is 0 Å². The molecule has 1 amide bonds. The maximum atomic E-state index is 12.8. The first-order chi connectivity index (χ1) is 22.7. The number of nitrogens with one attached hydrogen (secondary N) is 1. The Hall–Kier alpha value is -2.93. The van der Waals surface area contributed by atoms with Crippen LogP contribution in [0, 0.1) is 18.8 Å². The van der Waals surface area contributed by atoms with Crippen LogP contribution in [-0.2, 0) is 39.6 Å². The molecule has 264 valence electrons. The first-order valence-corrected chi connectivity index (χ1v) is 16.7. The van der Waals surface area contributed by atoms with Gasteiger partial charge in [-0.25, -0.2) is 0 Å². The number of aliphatic imine (C=N–C) groups is 2. The van der Waals surface area contributed by atoms with Crippen molar-refractivity contribution in [2.24, 2.45) is 21.8 Å². The Labute approximate surface area is 282 Å². The van der Waals surface area contributed by atoms with Crippen molar-refractivity contribution in [1.29, 1.82) is 0 Å². The van der Waals surface area contributed by atoms with Crippen molar-refractivity contribution in [2.45, 2.75) is 47.0 Å². The van der Waals surface area contributed by atoms with Gasteiger partial charge in [-0.3, -0.25) is 14.8 Å². The number of methoxy groups -OCH3 is 1. The maximum absolute atomic E-state index is 12.8. The fourth-order valence-electron chi connectivity index (χ4n) is 5.06. The number of amides is 1. The third-order valence-electron chi connectivity index (χ3n) is 8.12. The van der Waals surface area contributed by atoms with Crippen molar-refractivity contribution in [3.05, 3.63) is 46.1 Å². The fraction of sp³-hybridized carbons (Fsp3) is 0.639. The molecular weight excluding hydrogens is 600 g/mol. The molecule has 1 aromatic rings. The van der Waals surface area contributed by atoms with Crippen LogP contribution in [0.1, 0.15) is 56.1 Å². The second kappa shape index (κ2) is 23.4. The number of carbonyl (C=O) groups is 1. The Balaban J connectivity index is 1.61. The Kier molecular flexibility index (Phi) is 20.0. The lowest BCUT2D eigenvalue weighted by molar-refractivity contribution is -0.130. The zero-order chi connectivity index (χ0) is 34.4. The highest BCUT2D eigenvalue weighted by atomic mass is 16.6. The van der Waals surface area contributed by atoms with Crippen molar-refractivity contribution in [1.82, 2.24) is 9.88 Å². The van der Waals surface area contributed by atoms with Gasteiger partial charge in [-0.2, -0.15) is 0 Å². The van der Waals surface area contributed by atoms with E-state index in [0.29, 0.717) is 85.6 Å². The average molecular weight is 659 g/mol. The van der Waals surface area contributed by atoms with Crippen LogP contribution < -0.4 is 0 Å². The zero-order valence-electron chi connectivity index (χ0n) is 29.6. The van der Waals surface area contributed by atoms with Gasteiger partial charge in [0.05, 0.1) is 78.4 Å². The number of H-pyrrole nitrogens is 1. The highest BCUT2D eigenvalue weighted by Gasteiger charge is 2.26. The molecule has 1 aromatic heterocycles. The molecule has 0 saturated heterocycles. The minimum Gasteiger partial charge on any atom is -0.382 e. The summed E-state index contributed by atoms with van der Waals surface area (Å²) < 4.78 is 32.3. The topological polar surface area (TPSA) is 116 Å². The van der Waals surface area contributed by atoms with E-state index in [2.05, 4.69) is 50.1 Å². The normalized spacial score (nSPS) is 17.1. The highest BCUT2D eigenvalue weighted by molar-refractivity contribution is 5.77. The van der Waals surface area contributed by atoms with Gasteiger partial charge < -0.3 is 38.3 Å². The lowest BCUT2D eigenvalue weighted by Crippen LogP contribution is -2.31. The van der Waals surface area contributed by atoms with E-state index in [4.69, 9.17) is 33.4 Å². The molecule has 0 spiro atoms. The minimum atomic E-state index is 0.107. The van der Waals surface area contributed by atoms with Gasteiger partial charge in [-0.15, -0.1) is 0 Å². The van der Waals surface area contributed by atoms with Crippen molar-refractivity contribution >= 4 is 31.0 Å². The highest BCUT2D eigenvalue weighted by Crippen LogP contribution is 2.33. The van der Waals surface area contributed by atoms with Gasteiger partial charge in [0.15, 0.2) is 0 Å². The molecule has 47 heavy (non-hydrogen) atoms. The number of carbonyl (C=O) groups excluding carboxylic acids is 1. The number of aromatic nitrogens is 1. The third-order valence-corrected chi connectivity index (χ3v) is 8.12. The molecule has 0 bridgehead atoms. The number of hydrogen-bond donors (Lipinski definition) is 1. The molecule has 1 aliphatic heterocycles. The van der Waals surface area contributed by atoms with E-state index < -0.39 is 0 Å². The number of allylic oxidation sites excluding steroid dienone is 2. The van der Waals surface area contributed by atoms with Crippen LogP contribution in [0.5, 0.6) is 0 Å². The monoisotopic (exact) mass is 658 g/mol. The number of nitrogens with zero attached hydrogens (tertiary/aromatic N) is 3. The van der Waals surface area contributed by atoms with Crippen LogP contribution in [0.25, 0.3) is 12.2 Å². The summed E-state index contributed by atoms with van der Waals surface area (Å²) in [6, 6.07) is 0. The summed E-state index contributed by atoms with van der Waals surface area (Å²) >= 11 is 0. The molecule has 0 fully saturated rings. The van der Waals surface area contributed by atoms with Crippen LogP contribution in [0.2, 0.25) is 0 Å². The number of aromatic amines is 1. The Morgan fingerprint density at radius 3 is 2.04 bits per heavy atom. The smallest absolute Gasteiger partial charge is 0.222 e. The van der Waals surface area contributed by atoms with Gasteiger partial charge in [-0.05, 0) is 62.3 Å². The van der Waals surface area contributed by atoms with Crippen molar-refractivity contribution < 1.29 is 33.2 Å². The van der Waals surface area contributed by atoms with E-state index in [9.17, 15) is 4.79 Å². The van der Waals surface area contributed by atoms with E-state index >= 15 is 0 Å². The number of likely N-dealkylation sites (N-methyl/N-ethyl adjacent to an activating group) is 1. The Morgan fingerprint density at radius 2 is 1.53 bits per heavy atom. The SMILES string of the molecule is C=N/C(=C\c1[nH]c(/C=C2\N=C[C@@H](CCC(=O)N(C)CCOCCOCCOCCOCCOCCOC)[C@@H]2C)c(C)c1CC)C(=C)C. The van der Waals surface area contributed by atoms with E-state index in [1.165, 1.54) is 11.1 Å². The second-order valence-corrected chi connectivity index (χ2v) is 11.6. The van der Waals surface area contributed by atoms with E-state index in [-0.39, 0.29) is 17.7 Å². The van der Waals surface area contributed by atoms with Crippen LogP contribution in [0.4, 0.5) is 0 Å². The van der Waals surface area contributed by atoms with Gasteiger partial charge in [0, 0.05) is 62.3 Å². The summed E-state index contributed by atoms with van der Waals surface area (Å²) in [6.07, 6.45) is 8.26. The molecular formula is C36H58N4O7. The Morgan fingerprint density at radius 1 is 0.979 bits per heavy atom. The second-order valence-electron chi connectivity index (χ2n) is 11.6. The first kappa shape index (κ1) is 40.2. The molecule has 1 N–H and O–H groups in total. The van der Waals surface area contributed by atoms with Crippen LogP contribution >= 0.6 is 0 Å². The zero-order valence-corrected chi connectivity index (χ0v) is 29.6. The van der Waals surface area contributed by atoms with E-state index in [1.807, 2.05) is 26.3 Å². The molecule has 0 saturated carbocycles. The predicted molar refractivity (Wildman–Crippen MR) is 189 cm³/mol. The molecule has 2 heterocycles. The van der Waals surface area contributed by atoms with E-state index in [0.717, 1.165) is 41.2 Å². The summed E-state index contributed by atoms with van der Waals surface area (Å²) in [5.74, 6) is 0.546. The van der Waals surface area contributed by atoms with E-state index in [1.54, 1.807) is 12.0 Å². The fourth-order valence-corrected chi connectivity index (χ4v) is 5.06. The van der Waals surface area contributed by atoms with Crippen LogP contribution in [0.15, 0.2) is 33.5 Å². The van der Waals surface area contributed by atoms with Crippen LogP contribution in [-0.4, -0.2) is 122 Å². The first-order valence-electron chi connectivity index (χ1n) is 16.7. The predicted octanol–water partition coefficient (Wildman–Crippen LogP) is 5.15. The summed E-state index contributed by atoms with van der Waals surface area (Å²) in [5, 5.41) is 0. The van der Waals surface area contributed by atoms with Crippen molar-refractivity contribution in [2.75, 3.05) is 93.4 Å². The standard InChI is InChI=1S/C36H58N4O7/c1-9-31-29(5)34(39-35(31)24-32(37-6)27(2)3)25-33-28(4)30(26-38-33)10-11-36(41)40(7)12-13-43-16-17-45-20-21-47-23-22-46-19-18-44-15-14-42-8/h24-26,28,30,39H,2,6,9-23H2,1,3-5,7-8H3/b32-24-,33-25-/t28-,30+/m0/s1. The molecule has 0 radical (unpaired) electrons. The molecule has 11 heteroatoms. The Bertz CT molecular complexity index is 1190. The lowest BCUT2D eigenvalue weighted by atomic mass is 9.90. The van der Waals surface area contributed by atoms with Gasteiger partial charge in [0.2, 0.25) is 5.91 Å². The van der Waals surface area contributed by atoms with Gasteiger partial charge in [0.1, 0.15) is 0 Å².